The monoisotopic (exact) mass is 253 g/mol. The van der Waals surface area contributed by atoms with E-state index in [0.717, 1.165) is 5.69 Å². The zero-order valence-corrected chi connectivity index (χ0v) is 10.5. The van der Waals surface area contributed by atoms with Gasteiger partial charge in [-0.05, 0) is 31.5 Å². The summed E-state index contributed by atoms with van der Waals surface area (Å²) in [6.45, 7) is 3.78. The lowest BCUT2D eigenvalue weighted by Crippen LogP contribution is -2.10. The van der Waals surface area contributed by atoms with E-state index in [2.05, 4.69) is 20.1 Å². The number of aryl methyl sites for hydroxylation is 1. The van der Waals surface area contributed by atoms with Gasteiger partial charge in [-0.15, -0.1) is 0 Å². The van der Waals surface area contributed by atoms with Crippen molar-refractivity contribution in [3.05, 3.63) is 17.5 Å². The fraction of sp³-hybridized carbons (Fsp3) is 0.400. The maximum atomic E-state index is 5.83. The highest BCUT2D eigenvalue weighted by Gasteiger charge is 2.11. The second-order valence-corrected chi connectivity index (χ2v) is 4.06. The highest BCUT2D eigenvalue weighted by atomic mass is 35.5. The zero-order chi connectivity index (χ0) is 12.4. The van der Waals surface area contributed by atoms with Gasteiger partial charge < -0.3 is 4.74 Å². The summed E-state index contributed by atoms with van der Waals surface area (Å²) in [6.07, 6.45) is 1.64. The summed E-state index contributed by atoms with van der Waals surface area (Å²) >= 11 is 5.83. The van der Waals surface area contributed by atoms with Crippen molar-refractivity contribution in [3.63, 3.8) is 0 Å². The number of rotatable bonds is 3. The van der Waals surface area contributed by atoms with Crippen molar-refractivity contribution in [3.8, 4) is 17.5 Å². The first-order chi connectivity index (χ1) is 8.06. The predicted octanol–water partition coefficient (Wildman–Crippen LogP) is 1.71. The number of ether oxygens (including phenoxy) is 1. The lowest BCUT2D eigenvalue weighted by atomic mass is 10.4. The van der Waals surface area contributed by atoms with Crippen LogP contribution in [-0.4, -0.2) is 30.8 Å². The van der Waals surface area contributed by atoms with E-state index in [0.29, 0.717) is 5.82 Å². The Balaban J connectivity index is 2.42. The second kappa shape index (κ2) is 4.67. The molecular weight excluding hydrogens is 242 g/mol. The molecule has 6 nitrogen and oxygen atoms in total. The minimum absolute atomic E-state index is 0.0205. The molecule has 0 atom stereocenters. The predicted molar refractivity (Wildman–Crippen MR) is 62.8 cm³/mol. The maximum absolute atomic E-state index is 5.83. The molecule has 2 aromatic rings. The van der Waals surface area contributed by atoms with E-state index in [1.807, 2.05) is 13.8 Å². The van der Waals surface area contributed by atoms with E-state index in [1.165, 1.54) is 0 Å². The molecule has 0 radical (unpaired) electrons. The first kappa shape index (κ1) is 11.8. The van der Waals surface area contributed by atoms with Gasteiger partial charge in [0.05, 0.1) is 6.10 Å². The average molecular weight is 254 g/mol. The molecule has 2 heterocycles. The van der Waals surface area contributed by atoms with Gasteiger partial charge in [-0.1, -0.05) is 0 Å². The van der Waals surface area contributed by atoms with Gasteiger partial charge >= 0.3 is 6.01 Å². The van der Waals surface area contributed by atoms with Crippen molar-refractivity contribution in [2.24, 2.45) is 7.05 Å². The van der Waals surface area contributed by atoms with Crippen LogP contribution in [0, 0.1) is 0 Å². The van der Waals surface area contributed by atoms with E-state index in [4.69, 9.17) is 16.3 Å². The Morgan fingerprint density at radius 3 is 2.65 bits per heavy atom. The molecule has 0 saturated heterocycles. The molecule has 0 amide bonds. The van der Waals surface area contributed by atoms with Crippen LogP contribution >= 0.6 is 11.6 Å². The van der Waals surface area contributed by atoms with Gasteiger partial charge in [0.2, 0.25) is 5.28 Å². The Bertz CT molecular complexity index is 525. The maximum Gasteiger partial charge on any atom is 0.321 e. The largest absolute Gasteiger partial charge is 0.461 e. The lowest BCUT2D eigenvalue weighted by Gasteiger charge is -2.08. The smallest absolute Gasteiger partial charge is 0.321 e. The van der Waals surface area contributed by atoms with E-state index < -0.39 is 0 Å². The minimum Gasteiger partial charge on any atom is -0.461 e. The molecule has 90 valence electrons. The van der Waals surface area contributed by atoms with Crippen LogP contribution in [0.25, 0.3) is 11.5 Å². The van der Waals surface area contributed by atoms with Crippen molar-refractivity contribution in [2.45, 2.75) is 20.0 Å². The van der Waals surface area contributed by atoms with Crippen molar-refractivity contribution in [1.82, 2.24) is 24.7 Å². The summed E-state index contributed by atoms with van der Waals surface area (Å²) in [5.41, 5.74) is 0.753. The van der Waals surface area contributed by atoms with Gasteiger partial charge in [-0.3, -0.25) is 4.68 Å². The third kappa shape index (κ3) is 2.71. The summed E-state index contributed by atoms with van der Waals surface area (Å²) in [5, 5.41) is 4.15. The second-order valence-electron chi connectivity index (χ2n) is 3.72. The molecule has 0 aliphatic rings. The van der Waals surface area contributed by atoms with Crippen LogP contribution in [-0.2, 0) is 7.05 Å². The molecule has 0 unspecified atom stereocenters. The van der Waals surface area contributed by atoms with E-state index in [9.17, 15) is 0 Å². The Hall–Kier alpha value is -1.69. The van der Waals surface area contributed by atoms with E-state index >= 15 is 0 Å². The molecule has 2 aromatic heterocycles. The van der Waals surface area contributed by atoms with Gasteiger partial charge in [0, 0.05) is 13.2 Å². The molecule has 7 heteroatoms. The molecule has 0 spiro atoms. The molecule has 0 aliphatic heterocycles. The van der Waals surface area contributed by atoms with Crippen LogP contribution in [0.5, 0.6) is 6.01 Å². The molecule has 17 heavy (non-hydrogen) atoms. The molecule has 0 N–H and O–H groups in total. The molecule has 2 rings (SSSR count). The third-order valence-corrected chi connectivity index (χ3v) is 2.15. The fourth-order valence-electron chi connectivity index (χ4n) is 1.30. The minimum atomic E-state index is -0.0205. The molecule has 0 aliphatic carbocycles. The molecule has 0 bridgehead atoms. The Labute approximate surface area is 104 Å². The quantitative estimate of drug-likeness (QED) is 0.833. The number of aromatic nitrogens is 5. The van der Waals surface area contributed by atoms with Crippen molar-refractivity contribution in [2.75, 3.05) is 0 Å². The van der Waals surface area contributed by atoms with Crippen molar-refractivity contribution < 1.29 is 4.74 Å². The average Bonchev–Trinajstić information content (AvgIpc) is 2.62. The van der Waals surface area contributed by atoms with Crippen LogP contribution < -0.4 is 4.74 Å². The van der Waals surface area contributed by atoms with Crippen LogP contribution in [0.3, 0.4) is 0 Å². The van der Waals surface area contributed by atoms with Crippen LogP contribution in [0.15, 0.2) is 12.3 Å². The number of nitrogens with zero attached hydrogens (tertiary/aromatic N) is 5. The van der Waals surface area contributed by atoms with Gasteiger partial charge in [-0.2, -0.15) is 20.1 Å². The van der Waals surface area contributed by atoms with Crippen molar-refractivity contribution >= 4 is 11.6 Å². The first-order valence-electron chi connectivity index (χ1n) is 5.13. The lowest BCUT2D eigenvalue weighted by molar-refractivity contribution is 0.221. The summed E-state index contributed by atoms with van der Waals surface area (Å²) in [5.74, 6) is 0.445. The summed E-state index contributed by atoms with van der Waals surface area (Å²) in [7, 11) is 1.80. The Kier molecular flexibility index (Phi) is 3.23. The van der Waals surface area contributed by atoms with Crippen LogP contribution in [0.4, 0.5) is 0 Å². The number of hydrogen-bond donors (Lipinski definition) is 0. The standard InChI is InChI=1S/C10H12ClN5O/c1-6(2)17-10-14-8(13-9(11)15-10)7-4-5-12-16(7)3/h4-6H,1-3H3. The first-order valence-corrected chi connectivity index (χ1v) is 5.50. The Morgan fingerprint density at radius 1 is 1.29 bits per heavy atom. The normalized spacial score (nSPS) is 10.9. The third-order valence-electron chi connectivity index (χ3n) is 1.98. The summed E-state index contributed by atoms with van der Waals surface area (Å²) in [6, 6.07) is 2.02. The van der Waals surface area contributed by atoms with Gasteiger partial charge in [0.1, 0.15) is 5.69 Å². The van der Waals surface area contributed by atoms with Crippen molar-refractivity contribution in [1.29, 1.82) is 0 Å². The summed E-state index contributed by atoms with van der Waals surface area (Å²) < 4.78 is 7.05. The van der Waals surface area contributed by atoms with Crippen LogP contribution in [0.2, 0.25) is 5.28 Å². The van der Waals surface area contributed by atoms with Crippen LogP contribution in [0.1, 0.15) is 13.8 Å². The topological polar surface area (TPSA) is 65.7 Å². The van der Waals surface area contributed by atoms with Gasteiger partial charge in [0.15, 0.2) is 5.82 Å². The highest BCUT2D eigenvalue weighted by molar-refractivity contribution is 6.28. The summed E-state index contributed by atoms with van der Waals surface area (Å²) in [4.78, 5) is 12.1. The van der Waals surface area contributed by atoms with E-state index in [1.54, 1.807) is 24.0 Å². The Morgan fingerprint density at radius 2 is 2.06 bits per heavy atom. The number of hydrogen-bond acceptors (Lipinski definition) is 5. The number of halogens is 1. The molecule has 0 fully saturated rings. The highest BCUT2D eigenvalue weighted by Crippen LogP contribution is 2.18. The molecule has 0 saturated carbocycles. The van der Waals surface area contributed by atoms with Gasteiger partial charge in [0.25, 0.3) is 0 Å². The van der Waals surface area contributed by atoms with Gasteiger partial charge in [-0.25, -0.2) is 0 Å². The van der Waals surface area contributed by atoms with E-state index in [-0.39, 0.29) is 17.4 Å². The zero-order valence-electron chi connectivity index (χ0n) is 9.75. The SMILES string of the molecule is CC(C)Oc1nc(Cl)nc(-c2ccnn2C)n1. The fourth-order valence-corrected chi connectivity index (χ4v) is 1.46. The molecule has 0 aromatic carbocycles. The molecular formula is C10H12ClN5O.